The van der Waals surface area contributed by atoms with E-state index < -0.39 is 0 Å². The molecule has 4 heteroatoms. The Labute approximate surface area is 143 Å². The van der Waals surface area contributed by atoms with Crippen molar-refractivity contribution in [2.45, 2.75) is 44.7 Å². The Morgan fingerprint density at radius 1 is 1.17 bits per heavy atom. The van der Waals surface area contributed by atoms with Gasteiger partial charge in [0.2, 0.25) is 5.91 Å². The van der Waals surface area contributed by atoms with E-state index in [0.29, 0.717) is 12.0 Å². The zero-order valence-electron chi connectivity index (χ0n) is 14.2. The van der Waals surface area contributed by atoms with E-state index in [1.807, 2.05) is 42.5 Å². The van der Waals surface area contributed by atoms with Crippen LogP contribution >= 0.6 is 0 Å². The van der Waals surface area contributed by atoms with Gasteiger partial charge in [-0.25, -0.2) is 0 Å². The molecule has 0 aliphatic heterocycles. The fraction of sp³-hybridized carbons (Fsp3) is 0.450. The largest absolute Gasteiger partial charge is 0.467 e. The van der Waals surface area contributed by atoms with Crippen LogP contribution in [0.2, 0.25) is 0 Å². The van der Waals surface area contributed by atoms with E-state index >= 15 is 0 Å². The SMILES string of the molecule is C[C@H]1CCCC[C@H]1NC(=O)CN[C@@H](c1ccccc1)c1ccco1. The molecule has 1 saturated carbocycles. The lowest BCUT2D eigenvalue weighted by atomic mass is 9.86. The molecule has 0 spiro atoms. The van der Waals surface area contributed by atoms with Crippen molar-refractivity contribution >= 4 is 5.91 Å². The zero-order valence-corrected chi connectivity index (χ0v) is 14.2. The third-order valence-electron chi connectivity index (χ3n) is 4.89. The first kappa shape index (κ1) is 16.8. The summed E-state index contributed by atoms with van der Waals surface area (Å²) >= 11 is 0. The molecule has 2 N–H and O–H groups in total. The Morgan fingerprint density at radius 2 is 1.96 bits per heavy atom. The van der Waals surface area contributed by atoms with Crippen LogP contribution in [-0.4, -0.2) is 18.5 Å². The van der Waals surface area contributed by atoms with Gasteiger partial charge in [-0.15, -0.1) is 0 Å². The second kappa shape index (κ2) is 8.15. The first-order chi connectivity index (χ1) is 11.7. The van der Waals surface area contributed by atoms with Gasteiger partial charge in [-0.05, 0) is 36.5 Å². The van der Waals surface area contributed by atoms with Crippen molar-refractivity contribution in [3.63, 3.8) is 0 Å². The lowest BCUT2D eigenvalue weighted by molar-refractivity contribution is -0.121. The average molecular weight is 326 g/mol. The highest BCUT2D eigenvalue weighted by Crippen LogP contribution is 2.24. The number of hydrogen-bond donors (Lipinski definition) is 2. The minimum atomic E-state index is -0.115. The van der Waals surface area contributed by atoms with Gasteiger partial charge in [0.1, 0.15) is 5.76 Å². The Hall–Kier alpha value is -2.07. The van der Waals surface area contributed by atoms with Gasteiger partial charge in [-0.2, -0.15) is 0 Å². The summed E-state index contributed by atoms with van der Waals surface area (Å²) < 4.78 is 5.56. The van der Waals surface area contributed by atoms with Crippen LogP contribution in [0.1, 0.15) is 50.0 Å². The molecule has 1 aromatic heterocycles. The van der Waals surface area contributed by atoms with Gasteiger partial charge < -0.3 is 9.73 Å². The number of rotatable bonds is 6. The van der Waals surface area contributed by atoms with Gasteiger partial charge in [-0.3, -0.25) is 10.1 Å². The highest BCUT2D eigenvalue weighted by Gasteiger charge is 2.23. The normalized spacial score (nSPS) is 22.0. The molecule has 1 heterocycles. The summed E-state index contributed by atoms with van der Waals surface area (Å²) in [5.41, 5.74) is 1.09. The Morgan fingerprint density at radius 3 is 2.67 bits per heavy atom. The van der Waals surface area contributed by atoms with E-state index in [-0.39, 0.29) is 18.5 Å². The summed E-state index contributed by atoms with van der Waals surface area (Å²) in [6.45, 7) is 2.51. The number of benzene rings is 1. The second-order valence-corrected chi connectivity index (χ2v) is 6.68. The number of carbonyl (C=O) groups excluding carboxylic acids is 1. The van der Waals surface area contributed by atoms with Gasteiger partial charge in [0.05, 0.1) is 18.8 Å². The summed E-state index contributed by atoms with van der Waals surface area (Å²) in [5.74, 6) is 1.44. The molecular weight excluding hydrogens is 300 g/mol. The van der Waals surface area contributed by atoms with Gasteiger partial charge in [0, 0.05) is 6.04 Å². The highest BCUT2D eigenvalue weighted by atomic mass is 16.3. The van der Waals surface area contributed by atoms with E-state index in [4.69, 9.17) is 4.42 Å². The first-order valence-electron chi connectivity index (χ1n) is 8.85. The van der Waals surface area contributed by atoms with Crippen molar-refractivity contribution in [2.24, 2.45) is 5.92 Å². The maximum atomic E-state index is 12.4. The van der Waals surface area contributed by atoms with E-state index in [0.717, 1.165) is 17.7 Å². The smallest absolute Gasteiger partial charge is 0.234 e. The first-order valence-corrected chi connectivity index (χ1v) is 8.85. The molecule has 24 heavy (non-hydrogen) atoms. The Bertz CT molecular complexity index is 624. The van der Waals surface area contributed by atoms with Crippen LogP contribution in [0.3, 0.4) is 0 Å². The van der Waals surface area contributed by atoms with E-state index in [1.165, 1.54) is 19.3 Å². The highest BCUT2D eigenvalue weighted by molar-refractivity contribution is 5.78. The number of amides is 1. The lowest BCUT2D eigenvalue weighted by Gasteiger charge is -2.29. The molecule has 0 radical (unpaired) electrons. The standard InChI is InChI=1S/C20H26N2O2/c1-15-8-5-6-11-17(15)22-19(23)14-21-20(18-12-7-13-24-18)16-9-3-2-4-10-16/h2-4,7,9-10,12-13,15,17,20-21H,5-6,8,11,14H2,1H3,(H,22,23)/t15-,17+,20-/m0/s1. The van der Waals surface area contributed by atoms with Crippen molar-refractivity contribution < 1.29 is 9.21 Å². The maximum absolute atomic E-state index is 12.4. The molecule has 2 aromatic rings. The van der Waals surface area contributed by atoms with E-state index in [2.05, 4.69) is 17.6 Å². The average Bonchev–Trinajstić information content (AvgIpc) is 3.12. The third-order valence-corrected chi connectivity index (χ3v) is 4.89. The predicted octanol–water partition coefficient (Wildman–Crippen LogP) is 3.65. The minimum absolute atomic E-state index is 0.0567. The Kier molecular flexibility index (Phi) is 5.70. The van der Waals surface area contributed by atoms with Gasteiger partial charge in [-0.1, -0.05) is 50.1 Å². The molecule has 1 amide bonds. The summed E-state index contributed by atoms with van der Waals surface area (Å²) in [6.07, 6.45) is 6.45. The Balaban J connectivity index is 1.60. The molecule has 0 saturated heterocycles. The molecule has 0 unspecified atom stereocenters. The van der Waals surface area contributed by atoms with E-state index in [9.17, 15) is 4.79 Å². The molecule has 1 aliphatic rings. The fourth-order valence-electron chi connectivity index (χ4n) is 3.47. The van der Waals surface area contributed by atoms with Gasteiger partial charge in [0.25, 0.3) is 0 Å². The second-order valence-electron chi connectivity index (χ2n) is 6.68. The number of carbonyl (C=O) groups is 1. The quantitative estimate of drug-likeness (QED) is 0.852. The fourth-order valence-corrected chi connectivity index (χ4v) is 3.47. The number of furan rings is 1. The molecule has 1 fully saturated rings. The van der Waals surface area contributed by atoms with Gasteiger partial charge >= 0.3 is 0 Å². The molecule has 4 nitrogen and oxygen atoms in total. The van der Waals surface area contributed by atoms with Crippen LogP contribution in [-0.2, 0) is 4.79 Å². The maximum Gasteiger partial charge on any atom is 0.234 e. The van der Waals surface area contributed by atoms with Crippen LogP contribution < -0.4 is 10.6 Å². The zero-order chi connectivity index (χ0) is 16.8. The monoisotopic (exact) mass is 326 g/mol. The minimum Gasteiger partial charge on any atom is -0.467 e. The summed E-state index contributed by atoms with van der Waals surface area (Å²) in [5, 5.41) is 6.53. The topological polar surface area (TPSA) is 54.3 Å². The van der Waals surface area contributed by atoms with Gasteiger partial charge in [0.15, 0.2) is 0 Å². The van der Waals surface area contributed by atoms with Crippen molar-refractivity contribution in [3.05, 3.63) is 60.1 Å². The lowest BCUT2D eigenvalue weighted by Crippen LogP contribution is -2.45. The summed E-state index contributed by atoms with van der Waals surface area (Å²) in [4.78, 5) is 12.4. The van der Waals surface area contributed by atoms with Crippen LogP contribution in [0, 0.1) is 5.92 Å². The van der Waals surface area contributed by atoms with Crippen molar-refractivity contribution in [1.82, 2.24) is 10.6 Å². The molecule has 3 rings (SSSR count). The van der Waals surface area contributed by atoms with Crippen LogP contribution in [0.15, 0.2) is 53.1 Å². The molecule has 1 aliphatic carbocycles. The molecule has 1 aromatic carbocycles. The number of nitrogens with one attached hydrogen (secondary N) is 2. The van der Waals surface area contributed by atoms with Crippen LogP contribution in [0.5, 0.6) is 0 Å². The van der Waals surface area contributed by atoms with Crippen molar-refractivity contribution in [1.29, 1.82) is 0 Å². The molecular formula is C20H26N2O2. The number of hydrogen-bond acceptors (Lipinski definition) is 3. The van der Waals surface area contributed by atoms with Crippen molar-refractivity contribution in [2.75, 3.05) is 6.54 Å². The van der Waals surface area contributed by atoms with Crippen LogP contribution in [0.25, 0.3) is 0 Å². The van der Waals surface area contributed by atoms with Crippen LogP contribution in [0.4, 0.5) is 0 Å². The molecule has 3 atom stereocenters. The molecule has 128 valence electrons. The van der Waals surface area contributed by atoms with E-state index in [1.54, 1.807) is 6.26 Å². The molecule has 0 bridgehead atoms. The third kappa shape index (κ3) is 4.26. The summed E-state index contributed by atoms with van der Waals surface area (Å²) in [6, 6.07) is 14.1. The summed E-state index contributed by atoms with van der Waals surface area (Å²) in [7, 11) is 0. The van der Waals surface area contributed by atoms with Crippen molar-refractivity contribution in [3.8, 4) is 0 Å². The predicted molar refractivity (Wildman–Crippen MR) is 94.6 cm³/mol.